The standard InChI is InChI=1S/C11H20N2O2.ClH/c1-13(8-9-2-3-9)11(14)6-10-7-12-4-5-15-10;/h9-10,12H,2-8H2,1H3;1H. The van der Waals surface area contributed by atoms with Crippen LogP contribution in [0.2, 0.25) is 0 Å². The van der Waals surface area contributed by atoms with E-state index in [2.05, 4.69) is 5.32 Å². The van der Waals surface area contributed by atoms with Crippen molar-refractivity contribution in [3.63, 3.8) is 0 Å². The van der Waals surface area contributed by atoms with Gasteiger partial charge in [0.15, 0.2) is 0 Å². The van der Waals surface area contributed by atoms with E-state index in [-0.39, 0.29) is 24.4 Å². The number of amides is 1. The van der Waals surface area contributed by atoms with Crippen molar-refractivity contribution < 1.29 is 9.53 Å². The normalized spacial score (nSPS) is 24.7. The van der Waals surface area contributed by atoms with E-state index < -0.39 is 0 Å². The third-order valence-corrected chi connectivity index (χ3v) is 3.06. The second-order valence-electron chi connectivity index (χ2n) is 4.62. The zero-order chi connectivity index (χ0) is 10.7. The first kappa shape index (κ1) is 13.7. The van der Waals surface area contributed by atoms with Gasteiger partial charge in [-0.05, 0) is 18.8 Å². The van der Waals surface area contributed by atoms with Crippen molar-refractivity contribution in [2.24, 2.45) is 5.92 Å². The van der Waals surface area contributed by atoms with Gasteiger partial charge in [-0.15, -0.1) is 12.4 Å². The van der Waals surface area contributed by atoms with E-state index in [1.165, 1.54) is 12.8 Å². The largest absolute Gasteiger partial charge is 0.375 e. The number of rotatable bonds is 4. The van der Waals surface area contributed by atoms with Crippen molar-refractivity contribution in [3.8, 4) is 0 Å². The summed E-state index contributed by atoms with van der Waals surface area (Å²) in [5.74, 6) is 0.986. The van der Waals surface area contributed by atoms with Crippen molar-refractivity contribution in [1.29, 1.82) is 0 Å². The first-order valence-electron chi connectivity index (χ1n) is 5.82. The molecule has 1 aliphatic carbocycles. The monoisotopic (exact) mass is 248 g/mol. The second kappa shape index (κ2) is 6.42. The topological polar surface area (TPSA) is 41.6 Å². The molecule has 1 heterocycles. The molecule has 2 rings (SSSR count). The second-order valence-corrected chi connectivity index (χ2v) is 4.62. The number of carbonyl (C=O) groups excluding carboxylic acids is 1. The lowest BCUT2D eigenvalue weighted by atomic mass is 10.2. The molecule has 94 valence electrons. The summed E-state index contributed by atoms with van der Waals surface area (Å²) in [6.07, 6.45) is 3.18. The smallest absolute Gasteiger partial charge is 0.224 e. The highest BCUT2D eigenvalue weighted by molar-refractivity contribution is 5.85. The van der Waals surface area contributed by atoms with E-state index in [9.17, 15) is 4.79 Å². The van der Waals surface area contributed by atoms with E-state index in [1.807, 2.05) is 11.9 Å². The predicted molar refractivity (Wildman–Crippen MR) is 64.8 cm³/mol. The van der Waals surface area contributed by atoms with Crippen LogP contribution in [0.15, 0.2) is 0 Å². The lowest BCUT2D eigenvalue weighted by Gasteiger charge is -2.25. The molecule has 0 aromatic rings. The van der Waals surface area contributed by atoms with Crippen molar-refractivity contribution in [3.05, 3.63) is 0 Å². The molecule has 1 unspecified atom stereocenters. The van der Waals surface area contributed by atoms with Gasteiger partial charge in [0.05, 0.1) is 19.1 Å². The third kappa shape index (κ3) is 4.28. The van der Waals surface area contributed by atoms with Gasteiger partial charge >= 0.3 is 0 Å². The number of nitrogens with zero attached hydrogens (tertiary/aromatic N) is 1. The Kier molecular flexibility index (Phi) is 5.52. The summed E-state index contributed by atoms with van der Waals surface area (Å²) in [6, 6.07) is 0. The Bertz CT molecular complexity index is 228. The zero-order valence-electron chi connectivity index (χ0n) is 9.78. The lowest BCUT2D eigenvalue weighted by Crippen LogP contribution is -2.42. The van der Waals surface area contributed by atoms with Gasteiger partial charge in [-0.25, -0.2) is 0 Å². The molecule has 1 N–H and O–H groups in total. The summed E-state index contributed by atoms with van der Waals surface area (Å²) in [5, 5.41) is 3.24. The fraction of sp³-hybridized carbons (Fsp3) is 0.909. The lowest BCUT2D eigenvalue weighted by molar-refractivity contribution is -0.133. The molecule has 16 heavy (non-hydrogen) atoms. The number of nitrogens with one attached hydrogen (secondary N) is 1. The van der Waals surface area contributed by atoms with E-state index in [0.717, 1.165) is 32.2 Å². The summed E-state index contributed by atoms with van der Waals surface area (Å²) in [7, 11) is 1.90. The maximum atomic E-state index is 11.8. The molecule has 1 amide bonds. The van der Waals surface area contributed by atoms with Gasteiger partial charge in [0.25, 0.3) is 0 Å². The summed E-state index contributed by atoms with van der Waals surface area (Å²) in [6.45, 7) is 3.37. The fourth-order valence-corrected chi connectivity index (χ4v) is 1.89. The molecule has 1 saturated heterocycles. The Morgan fingerprint density at radius 2 is 2.25 bits per heavy atom. The Morgan fingerprint density at radius 3 is 2.81 bits per heavy atom. The van der Waals surface area contributed by atoms with Crippen LogP contribution in [0.1, 0.15) is 19.3 Å². The molecule has 1 aliphatic heterocycles. The fourth-order valence-electron chi connectivity index (χ4n) is 1.89. The number of hydrogen-bond acceptors (Lipinski definition) is 3. The van der Waals surface area contributed by atoms with E-state index >= 15 is 0 Å². The average molecular weight is 249 g/mol. The van der Waals surface area contributed by atoms with Crippen LogP contribution in [0.25, 0.3) is 0 Å². The molecule has 2 fully saturated rings. The van der Waals surface area contributed by atoms with Crippen LogP contribution in [0, 0.1) is 5.92 Å². The van der Waals surface area contributed by atoms with Crippen LogP contribution in [0.3, 0.4) is 0 Å². The first-order valence-corrected chi connectivity index (χ1v) is 5.82. The molecule has 0 spiro atoms. The molecule has 5 heteroatoms. The maximum Gasteiger partial charge on any atom is 0.224 e. The van der Waals surface area contributed by atoms with Crippen LogP contribution < -0.4 is 5.32 Å². The molecule has 2 aliphatic rings. The SMILES string of the molecule is CN(CC1CC1)C(=O)CC1CNCCO1.Cl. The van der Waals surface area contributed by atoms with Crippen molar-refractivity contribution in [2.45, 2.75) is 25.4 Å². The van der Waals surface area contributed by atoms with Gasteiger partial charge in [-0.2, -0.15) is 0 Å². The van der Waals surface area contributed by atoms with Gasteiger partial charge in [0.2, 0.25) is 5.91 Å². The van der Waals surface area contributed by atoms with E-state index in [0.29, 0.717) is 6.42 Å². The van der Waals surface area contributed by atoms with Crippen LogP contribution in [-0.2, 0) is 9.53 Å². The summed E-state index contributed by atoms with van der Waals surface area (Å²) in [4.78, 5) is 13.6. The molecule has 0 aromatic carbocycles. The van der Waals surface area contributed by atoms with E-state index in [1.54, 1.807) is 0 Å². The zero-order valence-corrected chi connectivity index (χ0v) is 10.6. The average Bonchev–Trinajstić information content (AvgIpc) is 3.03. The van der Waals surface area contributed by atoms with Crippen LogP contribution in [0.4, 0.5) is 0 Å². The summed E-state index contributed by atoms with van der Waals surface area (Å²) >= 11 is 0. The Labute approximate surface area is 103 Å². The predicted octanol–water partition coefficient (Wildman–Crippen LogP) is 0.655. The van der Waals surface area contributed by atoms with Crippen LogP contribution >= 0.6 is 12.4 Å². The number of ether oxygens (including phenoxy) is 1. The first-order chi connectivity index (χ1) is 7.25. The number of hydrogen-bond donors (Lipinski definition) is 1. The quantitative estimate of drug-likeness (QED) is 0.795. The van der Waals surface area contributed by atoms with Gasteiger partial charge in [-0.3, -0.25) is 4.79 Å². The summed E-state index contributed by atoms with van der Waals surface area (Å²) in [5.41, 5.74) is 0. The molecule has 1 saturated carbocycles. The number of halogens is 1. The van der Waals surface area contributed by atoms with Gasteiger partial charge < -0.3 is 15.0 Å². The highest BCUT2D eigenvalue weighted by atomic mass is 35.5. The van der Waals surface area contributed by atoms with Crippen molar-refractivity contribution in [1.82, 2.24) is 10.2 Å². The van der Waals surface area contributed by atoms with E-state index in [4.69, 9.17) is 4.74 Å². The molecule has 1 atom stereocenters. The Hall–Kier alpha value is -0.320. The van der Waals surface area contributed by atoms with Gasteiger partial charge in [-0.1, -0.05) is 0 Å². The van der Waals surface area contributed by atoms with Crippen LogP contribution in [-0.4, -0.2) is 50.2 Å². The molecular weight excluding hydrogens is 228 g/mol. The minimum Gasteiger partial charge on any atom is -0.375 e. The Balaban J connectivity index is 0.00000128. The molecule has 4 nitrogen and oxygen atoms in total. The molecule has 0 radical (unpaired) electrons. The third-order valence-electron chi connectivity index (χ3n) is 3.06. The molecule has 0 bridgehead atoms. The van der Waals surface area contributed by atoms with Crippen molar-refractivity contribution in [2.75, 3.05) is 33.3 Å². The highest BCUT2D eigenvalue weighted by Crippen LogP contribution is 2.29. The number of carbonyl (C=O) groups is 1. The highest BCUT2D eigenvalue weighted by Gasteiger charge is 2.26. The maximum absolute atomic E-state index is 11.8. The minimum absolute atomic E-state index is 0. The minimum atomic E-state index is 0. The van der Waals surface area contributed by atoms with Gasteiger partial charge in [0.1, 0.15) is 0 Å². The Morgan fingerprint density at radius 1 is 1.50 bits per heavy atom. The number of morpholine rings is 1. The van der Waals surface area contributed by atoms with Gasteiger partial charge in [0, 0.05) is 26.7 Å². The molecular formula is C11H21ClN2O2. The summed E-state index contributed by atoms with van der Waals surface area (Å²) < 4.78 is 5.51. The molecule has 0 aromatic heterocycles. The van der Waals surface area contributed by atoms with Crippen molar-refractivity contribution >= 4 is 18.3 Å². The van der Waals surface area contributed by atoms with Crippen LogP contribution in [0.5, 0.6) is 0 Å².